The maximum atomic E-state index is 10.8. The first-order chi connectivity index (χ1) is 5.92. The first-order valence-corrected chi connectivity index (χ1v) is 5.33. The number of hydrogen-bond donors (Lipinski definition) is 2. The van der Waals surface area contributed by atoms with Gasteiger partial charge in [-0.05, 0) is 25.4 Å². The van der Waals surface area contributed by atoms with Crippen LogP contribution in [-0.4, -0.2) is 34.5 Å². The number of thioether (sulfide) groups is 1. The van der Waals surface area contributed by atoms with Gasteiger partial charge in [0.25, 0.3) is 0 Å². The number of hydrogen-bond acceptors (Lipinski definition) is 3. The zero-order chi connectivity index (χ0) is 10.5. The summed E-state index contributed by atoms with van der Waals surface area (Å²) in [6.45, 7) is 2.84. The maximum absolute atomic E-state index is 10.8. The van der Waals surface area contributed by atoms with E-state index < -0.39 is 11.5 Å². The lowest BCUT2D eigenvalue weighted by atomic mass is 9.99. The summed E-state index contributed by atoms with van der Waals surface area (Å²) in [5.41, 5.74) is -1.13. The Morgan fingerprint density at radius 2 is 2.08 bits per heavy atom. The zero-order valence-electron chi connectivity index (χ0n) is 8.09. The van der Waals surface area contributed by atoms with E-state index in [2.05, 4.69) is 5.32 Å². The normalized spacial score (nSPS) is 14.7. The molecule has 5 heteroatoms. The summed E-state index contributed by atoms with van der Waals surface area (Å²) in [6.07, 6.45) is 2.33. The Morgan fingerprint density at radius 1 is 1.54 bits per heavy atom. The summed E-state index contributed by atoms with van der Waals surface area (Å²) >= 11 is 1.56. The monoisotopic (exact) mass is 205 g/mol. The number of carboxylic acids is 1. The highest BCUT2D eigenvalue weighted by molar-refractivity contribution is 7.98. The topological polar surface area (TPSA) is 66.4 Å². The van der Waals surface area contributed by atoms with Gasteiger partial charge < -0.3 is 10.4 Å². The summed E-state index contributed by atoms with van der Waals surface area (Å²) in [6, 6.07) is 0. The molecule has 0 spiro atoms. The first kappa shape index (κ1) is 12.3. The number of amides is 1. The fraction of sp³-hybridized carbons (Fsp3) is 0.750. The van der Waals surface area contributed by atoms with Gasteiger partial charge in [0.15, 0.2) is 0 Å². The third kappa shape index (κ3) is 4.17. The predicted octanol–water partition coefficient (Wildman–Crippen LogP) is 0.719. The van der Waals surface area contributed by atoms with Crippen LogP contribution in [0.5, 0.6) is 0 Å². The van der Waals surface area contributed by atoms with Gasteiger partial charge in [0.1, 0.15) is 5.54 Å². The van der Waals surface area contributed by atoms with Crippen molar-refractivity contribution in [1.82, 2.24) is 5.32 Å². The Balaban J connectivity index is 4.34. The van der Waals surface area contributed by atoms with Gasteiger partial charge in [-0.1, -0.05) is 0 Å². The van der Waals surface area contributed by atoms with E-state index in [9.17, 15) is 9.59 Å². The van der Waals surface area contributed by atoms with Crippen molar-refractivity contribution in [1.29, 1.82) is 0 Å². The van der Waals surface area contributed by atoms with Crippen LogP contribution in [0.3, 0.4) is 0 Å². The van der Waals surface area contributed by atoms with Crippen LogP contribution in [0, 0.1) is 0 Å². The second kappa shape index (κ2) is 5.11. The number of carbonyl (C=O) groups excluding carboxylic acids is 1. The number of nitrogens with one attached hydrogen (secondary N) is 1. The van der Waals surface area contributed by atoms with Gasteiger partial charge in [-0.15, -0.1) is 0 Å². The molecule has 0 aromatic rings. The van der Waals surface area contributed by atoms with E-state index >= 15 is 0 Å². The molecular weight excluding hydrogens is 190 g/mol. The van der Waals surface area contributed by atoms with Gasteiger partial charge in [-0.3, -0.25) is 4.79 Å². The molecule has 0 aromatic heterocycles. The van der Waals surface area contributed by atoms with Crippen molar-refractivity contribution in [2.24, 2.45) is 0 Å². The van der Waals surface area contributed by atoms with Gasteiger partial charge in [-0.25, -0.2) is 4.79 Å². The van der Waals surface area contributed by atoms with Crippen LogP contribution >= 0.6 is 11.8 Å². The SMILES string of the molecule is CSCC[C@](C)(NC(C)=O)C(=O)O. The highest BCUT2D eigenvalue weighted by atomic mass is 32.2. The van der Waals surface area contributed by atoms with Crippen molar-refractivity contribution in [3.8, 4) is 0 Å². The molecule has 0 saturated carbocycles. The second-order valence-electron chi connectivity index (χ2n) is 3.06. The largest absolute Gasteiger partial charge is 0.480 e. The van der Waals surface area contributed by atoms with Gasteiger partial charge in [0.2, 0.25) is 5.91 Å². The van der Waals surface area contributed by atoms with Crippen LogP contribution < -0.4 is 5.32 Å². The summed E-state index contributed by atoms with van der Waals surface area (Å²) in [5.74, 6) is -0.592. The molecule has 0 unspecified atom stereocenters. The number of rotatable bonds is 5. The van der Waals surface area contributed by atoms with E-state index in [0.717, 1.165) is 0 Å². The van der Waals surface area contributed by atoms with Crippen molar-refractivity contribution in [2.45, 2.75) is 25.8 Å². The van der Waals surface area contributed by atoms with Crippen LogP contribution in [-0.2, 0) is 9.59 Å². The van der Waals surface area contributed by atoms with Crippen LogP contribution in [0.2, 0.25) is 0 Å². The third-order valence-corrected chi connectivity index (χ3v) is 2.34. The molecule has 13 heavy (non-hydrogen) atoms. The van der Waals surface area contributed by atoms with Gasteiger partial charge in [0.05, 0.1) is 0 Å². The lowest BCUT2D eigenvalue weighted by Gasteiger charge is -2.25. The lowest BCUT2D eigenvalue weighted by Crippen LogP contribution is -2.51. The Morgan fingerprint density at radius 3 is 2.38 bits per heavy atom. The molecule has 0 aliphatic rings. The molecule has 4 nitrogen and oxygen atoms in total. The van der Waals surface area contributed by atoms with Gasteiger partial charge >= 0.3 is 5.97 Å². The number of carbonyl (C=O) groups is 2. The second-order valence-corrected chi connectivity index (χ2v) is 4.05. The molecule has 0 radical (unpaired) electrons. The minimum atomic E-state index is -1.13. The number of carboxylic acid groups (broad SMARTS) is 1. The minimum absolute atomic E-state index is 0.314. The maximum Gasteiger partial charge on any atom is 0.329 e. The zero-order valence-corrected chi connectivity index (χ0v) is 8.90. The molecular formula is C8H15NO3S. The molecule has 0 bridgehead atoms. The molecule has 1 amide bonds. The van der Waals surface area contributed by atoms with E-state index in [1.165, 1.54) is 13.8 Å². The van der Waals surface area contributed by atoms with E-state index in [1.54, 1.807) is 11.8 Å². The van der Waals surface area contributed by atoms with Crippen molar-refractivity contribution < 1.29 is 14.7 Å². The molecule has 0 saturated heterocycles. The quantitative estimate of drug-likeness (QED) is 0.694. The van der Waals surface area contributed by atoms with E-state index in [1.807, 2.05) is 6.26 Å². The molecule has 2 N–H and O–H groups in total. The average Bonchev–Trinajstić information content (AvgIpc) is 1.99. The van der Waals surface area contributed by atoms with E-state index in [0.29, 0.717) is 12.2 Å². The fourth-order valence-corrected chi connectivity index (χ4v) is 1.53. The van der Waals surface area contributed by atoms with E-state index in [-0.39, 0.29) is 5.91 Å². The molecule has 0 fully saturated rings. The smallest absolute Gasteiger partial charge is 0.329 e. The molecule has 0 heterocycles. The fourth-order valence-electron chi connectivity index (χ4n) is 0.918. The van der Waals surface area contributed by atoms with Crippen molar-refractivity contribution in [3.63, 3.8) is 0 Å². The summed E-state index contributed by atoms with van der Waals surface area (Å²) in [7, 11) is 0. The lowest BCUT2D eigenvalue weighted by molar-refractivity contribution is -0.146. The third-order valence-electron chi connectivity index (χ3n) is 1.73. The first-order valence-electron chi connectivity index (χ1n) is 3.93. The molecule has 1 atom stereocenters. The van der Waals surface area contributed by atoms with Crippen molar-refractivity contribution in [2.75, 3.05) is 12.0 Å². The highest BCUT2D eigenvalue weighted by Gasteiger charge is 2.33. The van der Waals surface area contributed by atoms with Crippen LogP contribution in [0.25, 0.3) is 0 Å². The Labute approximate surface area is 82.1 Å². The van der Waals surface area contributed by atoms with Crippen LogP contribution in [0.15, 0.2) is 0 Å². The van der Waals surface area contributed by atoms with Crippen molar-refractivity contribution >= 4 is 23.6 Å². The Kier molecular flexibility index (Phi) is 4.83. The average molecular weight is 205 g/mol. The summed E-state index contributed by atoms with van der Waals surface area (Å²) < 4.78 is 0. The van der Waals surface area contributed by atoms with E-state index in [4.69, 9.17) is 5.11 Å². The predicted molar refractivity (Wildman–Crippen MR) is 52.9 cm³/mol. The number of aliphatic carboxylic acids is 1. The molecule has 0 rings (SSSR count). The minimum Gasteiger partial charge on any atom is -0.480 e. The van der Waals surface area contributed by atoms with Gasteiger partial charge in [-0.2, -0.15) is 11.8 Å². The molecule has 76 valence electrons. The highest BCUT2D eigenvalue weighted by Crippen LogP contribution is 2.13. The Hall–Kier alpha value is -0.710. The van der Waals surface area contributed by atoms with Gasteiger partial charge in [0, 0.05) is 6.92 Å². The molecule has 0 aliphatic carbocycles. The molecule has 0 aliphatic heterocycles. The van der Waals surface area contributed by atoms with Crippen LogP contribution in [0.4, 0.5) is 0 Å². The Bertz CT molecular complexity index is 208. The van der Waals surface area contributed by atoms with Crippen LogP contribution in [0.1, 0.15) is 20.3 Å². The summed E-state index contributed by atoms with van der Waals surface area (Å²) in [5, 5.41) is 11.3. The summed E-state index contributed by atoms with van der Waals surface area (Å²) in [4.78, 5) is 21.6. The standard InChI is InChI=1S/C8H15NO3S/c1-6(10)9-8(2,7(11)12)4-5-13-3/h4-5H2,1-3H3,(H,9,10)(H,11,12)/t8-/m0/s1. The molecule has 0 aromatic carbocycles. The van der Waals surface area contributed by atoms with Crippen molar-refractivity contribution in [3.05, 3.63) is 0 Å².